The SMILES string of the molecule is CCOc1ccccc1NC(=O)NCC1(c2ccc(OC)cc2)CCOCC1. The molecule has 6 nitrogen and oxygen atoms in total. The van der Waals surface area contributed by atoms with Crippen LogP contribution in [0.15, 0.2) is 48.5 Å². The molecule has 0 spiro atoms. The van der Waals surface area contributed by atoms with Crippen LogP contribution in [0.1, 0.15) is 25.3 Å². The highest BCUT2D eigenvalue weighted by atomic mass is 16.5. The molecule has 0 aromatic heterocycles. The quantitative estimate of drug-likeness (QED) is 0.758. The Bertz CT molecular complexity index is 770. The molecule has 0 aliphatic carbocycles. The maximum Gasteiger partial charge on any atom is 0.319 e. The third-order valence-corrected chi connectivity index (χ3v) is 5.17. The fourth-order valence-electron chi connectivity index (χ4n) is 3.54. The Kier molecular flexibility index (Phi) is 6.76. The molecule has 1 fully saturated rings. The molecule has 2 amide bonds. The zero-order valence-corrected chi connectivity index (χ0v) is 16.5. The van der Waals surface area contributed by atoms with E-state index in [-0.39, 0.29) is 11.4 Å². The maximum atomic E-state index is 12.6. The minimum Gasteiger partial charge on any atom is -0.497 e. The summed E-state index contributed by atoms with van der Waals surface area (Å²) in [5, 5.41) is 5.94. The van der Waals surface area contributed by atoms with E-state index in [4.69, 9.17) is 14.2 Å². The fraction of sp³-hybridized carbons (Fsp3) is 0.409. The Morgan fingerprint density at radius 1 is 1.11 bits per heavy atom. The summed E-state index contributed by atoms with van der Waals surface area (Å²) in [5.41, 5.74) is 1.69. The molecule has 28 heavy (non-hydrogen) atoms. The van der Waals surface area contributed by atoms with E-state index in [9.17, 15) is 4.79 Å². The molecule has 0 bridgehead atoms. The molecule has 1 saturated heterocycles. The smallest absolute Gasteiger partial charge is 0.319 e. The zero-order chi connectivity index (χ0) is 19.8. The predicted octanol–water partition coefficient (Wildman–Crippen LogP) is 3.96. The molecule has 1 aliphatic rings. The number of nitrogens with one attached hydrogen (secondary N) is 2. The number of benzene rings is 2. The number of amides is 2. The van der Waals surface area contributed by atoms with Crippen LogP contribution in [0.3, 0.4) is 0 Å². The third kappa shape index (κ3) is 4.75. The van der Waals surface area contributed by atoms with E-state index < -0.39 is 0 Å². The van der Waals surface area contributed by atoms with Crippen LogP contribution in [0.5, 0.6) is 11.5 Å². The minimum atomic E-state index is -0.244. The summed E-state index contributed by atoms with van der Waals surface area (Å²) in [7, 11) is 1.66. The number of hydrogen-bond donors (Lipinski definition) is 2. The Morgan fingerprint density at radius 3 is 2.50 bits per heavy atom. The van der Waals surface area contributed by atoms with Crippen molar-refractivity contribution < 1.29 is 19.0 Å². The van der Waals surface area contributed by atoms with Crippen LogP contribution in [0.4, 0.5) is 10.5 Å². The summed E-state index contributed by atoms with van der Waals surface area (Å²) in [6, 6.07) is 15.3. The second kappa shape index (κ2) is 9.46. The van der Waals surface area contributed by atoms with E-state index in [0.717, 1.165) is 18.6 Å². The van der Waals surface area contributed by atoms with E-state index in [1.807, 2.05) is 43.3 Å². The second-order valence-corrected chi connectivity index (χ2v) is 6.86. The van der Waals surface area contributed by atoms with Crippen molar-refractivity contribution in [2.75, 3.05) is 38.8 Å². The van der Waals surface area contributed by atoms with Gasteiger partial charge in [-0.15, -0.1) is 0 Å². The number of para-hydroxylation sites is 2. The number of methoxy groups -OCH3 is 1. The van der Waals surface area contributed by atoms with E-state index in [2.05, 4.69) is 22.8 Å². The van der Waals surface area contributed by atoms with Crippen molar-refractivity contribution in [3.8, 4) is 11.5 Å². The van der Waals surface area contributed by atoms with Crippen LogP contribution in [-0.2, 0) is 10.2 Å². The van der Waals surface area contributed by atoms with Gasteiger partial charge in [-0.25, -0.2) is 4.79 Å². The second-order valence-electron chi connectivity index (χ2n) is 6.86. The third-order valence-electron chi connectivity index (χ3n) is 5.17. The summed E-state index contributed by atoms with van der Waals surface area (Å²) in [4.78, 5) is 12.6. The van der Waals surface area contributed by atoms with E-state index in [1.54, 1.807) is 7.11 Å². The number of carbonyl (C=O) groups excluding carboxylic acids is 1. The molecule has 6 heteroatoms. The van der Waals surface area contributed by atoms with Crippen LogP contribution in [-0.4, -0.2) is 39.5 Å². The zero-order valence-electron chi connectivity index (χ0n) is 16.5. The van der Waals surface area contributed by atoms with Crippen molar-refractivity contribution >= 4 is 11.7 Å². The molecule has 0 unspecified atom stereocenters. The van der Waals surface area contributed by atoms with Crippen LogP contribution in [0.25, 0.3) is 0 Å². The first kappa shape index (κ1) is 20.0. The predicted molar refractivity (Wildman–Crippen MR) is 109 cm³/mol. The molecule has 1 aliphatic heterocycles. The van der Waals surface area contributed by atoms with Gasteiger partial charge in [0.25, 0.3) is 0 Å². The topological polar surface area (TPSA) is 68.8 Å². The summed E-state index contributed by atoms with van der Waals surface area (Å²) in [5.74, 6) is 1.49. The van der Waals surface area contributed by atoms with Gasteiger partial charge in [0.15, 0.2) is 0 Å². The molecule has 0 radical (unpaired) electrons. The molecule has 0 atom stereocenters. The highest BCUT2D eigenvalue weighted by molar-refractivity contribution is 5.90. The molecule has 3 rings (SSSR count). The van der Waals surface area contributed by atoms with Crippen molar-refractivity contribution in [2.45, 2.75) is 25.2 Å². The van der Waals surface area contributed by atoms with Crippen molar-refractivity contribution in [1.82, 2.24) is 5.32 Å². The molecule has 150 valence electrons. The summed E-state index contributed by atoms with van der Waals surface area (Å²) < 4.78 is 16.4. The lowest BCUT2D eigenvalue weighted by atomic mass is 9.74. The lowest BCUT2D eigenvalue weighted by Gasteiger charge is -2.38. The van der Waals surface area contributed by atoms with Gasteiger partial charge in [0, 0.05) is 25.2 Å². The van der Waals surface area contributed by atoms with E-state index in [1.165, 1.54) is 5.56 Å². The molecule has 2 aromatic carbocycles. The standard InChI is InChI=1S/C22H28N2O4/c1-3-28-20-7-5-4-6-19(20)24-21(25)23-16-22(12-14-27-15-13-22)17-8-10-18(26-2)11-9-17/h4-11H,3,12-16H2,1-2H3,(H2,23,24,25). The van der Waals surface area contributed by atoms with Gasteiger partial charge >= 0.3 is 6.03 Å². The molecule has 2 aromatic rings. The molecule has 1 heterocycles. The lowest BCUT2D eigenvalue weighted by molar-refractivity contribution is 0.0508. The molecule has 2 N–H and O–H groups in total. The first-order chi connectivity index (χ1) is 13.7. The Hall–Kier alpha value is -2.73. The van der Waals surface area contributed by atoms with Gasteiger partial charge in [-0.05, 0) is 49.6 Å². The number of anilines is 1. The number of urea groups is 1. The highest BCUT2D eigenvalue weighted by Gasteiger charge is 2.35. The Labute approximate surface area is 166 Å². The first-order valence-electron chi connectivity index (χ1n) is 9.66. The summed E-state index contributed by atoms with van der Waals surface area (Å²) in [6.07, 6.45) is 1.71. The van der Waals surface area contributed by atoms with Crippen molar-refractivity contribution in [1.29, 1.82) is 0 Å². The van der Waals surface area contributed by atoms with Crippen molar-refractivity contribution in [3.63, 3.8) is 0 Å². The van der Waals surface area contributed by atoms with Crippen molar-refractivity contribution in [2.24, 2.45) is 0 Å². The monoisotopic (exact) mass is 384 g/mol. The number of ether oxygens (including phenoxy) is 3. The van der Waals surface area contributed by atoms with E-state index in [0.29, 0.717) is 37.8 Å². The Morgan fingerprint density at radius 2 is 1.82 bits per heavy atom. The van der Waals surface area contributed by atoms with Gasteiger partial charge in [0.1, 0.15) is 11.5 Å². The van der Waals surface area contributed by atoms with Crippen LogP contribution < -0.4 is 20.1 Å². The van der Waals surface area contributed by atoms with Crippen LogP contribution >= 0.6 is 0 Å². The van der Waals surface area contributed by atoms with Crippen LogP contribution in [0.2, 0.25) is 0 Å². The molecular formula is C22H28N2O4. The first-order valence-corrected chi connectivity index (χ1v) is 9.66. The van der Waals surface area contributed by atoms with Gasteiger partial charge in [0.05, 0.1) is 19.4 Å². The van der Waals surface area contributed by atoms with Gasteiger partial charge in [-0.2, -0.15) is 0 Å². The number of hydrogen-bond acceptors (Lipinski definition) is 4. The van der Waals surface area contributed by atoms with E-state index >= 15 is 0 Å². The largest absolute Gasteiger partial charge is 0.497 e. The number of rotatable bonds is 7. The lowest BCUT2D eigenvalue weighted by Crippen LogP contribution is -2.45. The minimum absolute atomic E-state index is 0.151. The van der Waals surface area contributed by atoms with Gasteiger partial charge in [0.2, 0.25) is 0 Å². The summed E-state index contributed by atoms with van der Waals surface area (Å²) >= 11 is 0. The molecular weight excluding hydrogens is 356 g/mol. The highest BCUT2D eigenvalue weighted by Crippen LogP contribution is 2.35. The number of carbonyl (C=O) groups is 1. The average Bonchev–Trinajstić information content (AvgIpc) is 2.75. The summed E-state index contributed by atoms with van der Waals surface area (Å²) in [6.45, 7) is 4.36. The molecule has 0 saturated carbocycles. The normalized spacial score (nSPS) is 15.5. The van der Waals surface area contributed by atoms with Gasteiger partial charge in [-0.1, -0.05) is 24.3 Å². The van der Waals surface area contributed by atoms with Gasteiger partial charge < -0.3 is 24.8 Å². The van der Waals surface area contributed by atoms with Crippen LogP contribution in [0, 0.1) is 0 Å². The fourth-order valence-corrected chi connectivity index (χ4v) is 3.54. The van der Waals surface area contributed by atoms with Gasteiger partial charge in [-0.3, -0.25) is 0 Å². The van der Waals surface area contributed by atoms with Crippen molar-refractivity contribution in [3.05, 3.63) is 54.1 Å². The Balaban J connectivity index is 1.69. The maximum absolute atomic E-state index is 12.6. The average molecular weight is 384 g/mol.